The minimum absolute atomic E-state index is 0.0726. The minimum Gasteiger partial charge on any atom is -0.451 e. The molecule has 0 fully saturated rings. The topological polar surface area (TPSA) is 123 Å². The number of aromatic nitrogens is 1. The van der Waals surface area contributed by atoms with E-state index in [1.165, 1.54) is 16.7 Å². The summed E-state index contributed by atoms with van der Waals surface area (Å²) in [4.78, 5) is 36.8. The van der Waals surface area contributed by atoms with Crippen LogP contribution in [0.1, 0.15) is 10.5 Å². The van der Waals surface area contributed by atoms with Crippen LogP contribution in [0.15, 0.2) is 18.0 Å². The van der Waals surface area contributed by atoms with E-state index >= 15 is 0 Å². The molecular weight excluding hydrogens is 272 g/mol. The number of amides is 3. The number of nitrogens with zero attached hydrogens (tertiary/aromatic N) is 1. The lowest BCUT2D eigenvalue weighted by atomic mass is 10.5. The van der Waals surface area contributed by atoms with Crippen molar-refractivity contribution in [2.24, 2.45) is 5.73 Å². The van der Waals surface area contributed by atoms with Gasteiger partial charge in [-0.3, -0.25) is 10.1 Å². The van der Waals surface area contributed by atoms with Crippen molar-refractivity contribution in [2.45, 2.75) is 0 Å². The van der Waals surface area contributed by atoms with E-state index in [0.717, 1.165) is 0 Å². The molecule has 102 valence electrons. The molecule has 0 bridgehead atoms. The fourth-order valence-corrected chi connectivity index (χ4v) is 1.68. The monoisotopic (exact) mass is 284 g/mol. The van der Waals surface area contributed by atoms with Crippen molar-refractivity contribution in [2.75, 3.05) is 18.5 Å². The zero-order chi connectivity index (χ0) is 14.3. The van der Waals surface area contributed by atoms with E-state index in [0.29, 0.717) is 11.7 Å². The zero-order valence-corrected chi connectivity index (χ0v) is 10.7. The van der Waals surface area contributed by atoms with Gasteiger partial charge >= 0.3 is 12.0 Å². The number of anilines is 1. The molecule has 1 aromatic heterocycles. The molecule has 1 rings (SSSR count). The lowest BCUT2D eigenvalue weighted by Gasteiger charge is -2.02. The number of thiazole rings is 1. The molecule has 0 aliphatic rings. The predicted octanol–water partition coefficient (Wildman–Crippen LogP) is 0.0927. The van der Waals surface area contributed by atoms with Gasteiger partial charge in [0.1, 0.15) is 0 Å². The van der Waals surface area contributed by atoms with Crippen molar-refractivity contribution in [1.29, 1.82) is 0 Å². The lowest BCUT2D eigenvalue weighted by Crippen LogP contribution is -2.37. The van der Waals surface area contributed by atoms with Gasteiger partial charge in [0.2, 0.25) is 0 Å². The summed E-state index contributed by atoms with van der Waals surface area (Å²) in [6, 6.07) is -1.01. The molecule has 0 atom stereocenters. The summed E-state index contributed by atoms with van der Waals surface area (Å²) in [5, 5.41) is 6.69. The molecule has 1 aromatic rings. The van der Waals surface area contributed by atoms with Gasteiger partial charge in [0.25, 0.3) is 5.91 Å². The molecule has 1 heterocycles. The Morgan fingerprint density at radius 2 is 2.26 bits per heavy atom. The molecule has 0 radical (unpaired) electrons. The highest BCUT2D eigenvalue weighted by Gasteiger charge is 2.14. The number of nitrogens with two attached hydrogens (primary N) is 1. The molecule has 0 aliphatic heterocycles. The first-order valence-corrected chi connectivity index (χ1v) is 5.97. The second-order valence-electron chi connectivity index (χ2n) is 3.20. The number of ether oxygens (including phenoxy) is 1. The standard InChI is InChI=1S/C10H12N4O4S/c1-2-3-12-10-13-6(5-19-10)8(16)18-4-7(15)14-9(11)17/h2,5H,1,3-4H2,(H,12,13)(H3,11,14,15,17). The normalized spacial score (nSPS) is 9.47. The van der Waals surface area contributed by atoms with Crippen LogP contribution in [0, 0.1) is 0 Å². The molecule has 0 unspecified atom stereocenters. The van der Waals surface area contributed by atoms with Crippen molar-refractivity contribution in [3.8, 4) is 0 Å². The van der Waals surface area contributed by atoms with Gasteiger partial charge < -0.3 is 15.8 Å². The van der Waals surface area contributed by atoms with Crippen LogP contribution >= 0.6 is 11.3 Å². The SMILES string of the molecule is C=CCNc1nc(C(=O)OCC(=O)NC(N)=O)cs1. The predicted molar refractivity (Wildman–Crippen MR) is 68.8 cm³/mol. The van der Waals surface area contributed by atoms with Crippen LogP contribution < -0.4 is 16.4 Å². The third-order valence-electron chi connectivity index (χ3n) is 1.71. The van der Waals surface area contributed by atoms with Crippen LogP contribution in [0.4, 0.5) is 9.93 Å². The Labute approximate surface area is 112 Å². The molecule has 0 aliphatic carbocycles. The third-order valence-corrected chi connectivity index (χ3v) is 2.51. The Balaban J connectivity index is 2.45. The quantitative estimate of drug-likeness (QED) is 0.502. The van der Waals surface area contributed by atoms with E-state index in [1.807, 2.05) is 0 Å². The Morgan fingerprint density at radius 3 is 2.89 bits per heavy atom. The number of carbonyl (C=O) groups is 3. The van der Waals surface area contributed by atoms with E-state index in [-0.39, 0.29) is 5.69 Å². The highest BCUT2D eigenvalue weighted by atomic mass is 32.1. The molecule has 9 heteroatoms. The number of carbonyl (C=O) groups excluding carboxylic acids is 3. The van der Waals surface area contributed by atoms with Gasteiger partial charge in [-0.15, -0.1) is 17.9 Å². The molecule has 19 heavy (non-hydrogen) atoms. The molecular formula is C10H12N4O4S. The van der Waals surface area contributed by atoms with Crippen molar-refractivity contribution in [3.63, 3.8) is 0 Å². The molecule has 0 spiro atoms. The largest absolute Gasteiger partial charge is 0.451 e. The van der Waals surface area contributed by atoms with Crippen molar-refractivity contribution >= 4 is 34.4 Å². The maximum atomic E-state index is 11.5. The smallest absolute Gasteiger partial charge is 0.358 e. The van der Waals surface area contributed by atoms with Crippen LogP contribution in [0.3, 0.4) is 0 Å². The van der Waals surface area contributed by atoms with Gasteiger partial charge in [0.15, 0.2) is 17.4 Å². The maximum Gasteiger partial charge on any atom is 0.358 e. The van der Waals surface area contributed by atoms with Gasteiger partial charge in [-0.05, 0) is 0 Å². The van der Waals surface area contributed by atoms with Crippen LogP contribution in [-0.4, -0.2) is 36.0 Å². The summed E-state index contributed by atoms with van der Waals surface area (Å²) in [5.74, 6) is -1.57. The summed E-state index contributed by atoms with van der Waals surface area (Å²) in [7, 11) is 0. The third kappa shape index (κ3) is 5.17. The Kier molecular flexibility index (Phi) is 5.48. The summed E-state index contributed by atoms with van der Waals surface area (Å²) in [6.07, 6.45) is 1.65. The van der Waals surface area contributed by atoms with E-state index < -0.39 is 24.5 Å². The van der Waals surface area contributed by atoms with Crippen LogP contribution in [0.5, 0.6) is 0 Å². The number of imide groups is 1. The van der Waals surface area contributed by atoms with Crippen LogP contribution in [0.2, 0.25) is 0 Å². The number of rotatable bonds is 6. The lowest BCUT2D eigenvalue weighted by molar-refractivity contribution is -0.123. The average Bonchev–Trinajstić information content (AvgIpc) is 2.81. The van der Waals surface area contributed by atoms with Gasteiger partial charge in [-0.2, -0.15) is 0 Å². The van der Waals surface area contributed by atoms with Crippen molar-refractivity contribution < 1.29 is 19.1 Å². The maximum absolute atomic E-state index is 11.5. The molecule has 0 saturated heterocycles. The van der Waals surface area contributed by atoms with Crippen LogP contribution in [0.25, 0.3) is 0 Å². The highest BCUT2D eigenvalue weighted by Crippen LogP contribution is 2.15. The second kappa shape index (κ2) is 7.11. The summed E-state index contributed by atoms with van der Waals surface area (Å²) in [5.41, 5.74) is 4.79. The fraction of sp³-hybridized carbons (Fsp3) is 0.200. The first kappa shape index (κ1) is 14.6. The first-order chi connectivity index (χ1) is 9.02. The number of hydrogen-bond donors (Lipinski definition) is 3. The summed E-state index contributed by atoms with van der Waals surface area (Å²) >= 11 is 1.22. The van der Waals surface area contributed by atoms with Gasteiger partial charge in [-0.1, -0.05) is 6.08 Å². The Bertz CT molecular complexity index is 499. The highest BCUT2D eigenvalue weighted by molar-refractivity contribution is 7.13. The van der Waals surface area contributed by atoms with E-state index in [4.69, 9.17) is 5.73 Å². The number of hydrogen-bond acceptors (Lipinski definition) is 7. The molecule has 0 aromatic carbocycles. The van der Waals surface area contributed by atoms with Gasteiger partial charge in [0, 0.05) is 11.9 Å². The summed E-state index contributed by atoms with van der Waals surface area (Å²) < 4.78 is 4.65. The Morgan fingerprint density at radius 1 is 1.53 bits per heavy atom. The number of esters is 1. The summed E-state index contributed by atoms with van der Waals surface area (Å²) in [6.45, 7) is 3.45. The molecule has 8 nitrogen and oxygen atoms in total. The first-order valence-electron chi connectivity index (χ1n) is 5.09. The van der Waals surface area contributed by atoms with Gasteiger partial charge in [-0.25, -0.2) is 14.6 Å². The molecule has 0 saturated carbocycles. The van der Waals surface area contributed by atoms with Crippen molar-refractivity contribution in [1.82, 2.24) is 10.3 Å². The Hall–Kier alpha value is -2.42. The number of primary amides is 1. The zero-order valence-electron chi connectivity index (χ0n) is 9.84. The molecule has 3 amide bonds. The number of urea groups is 1. The van der Waals surface area contributed by atoms with E-state index in [2.05, 4.69) is 21.6 Å². The van der Waals surface area contributed by atoms with Gasteiger partial charge in [0.05, 0.1) is 0 Å². The number of nitrogens with one attached hydrogen (secondary N) is 2. The second-order valence-corrected chi connectivity index (χ2v) is 4.05. The molecule has 4 N–H and O–H groups in total. The van der Waals surface area contributed by atoms with E-state index in [9.17, 15) is 14.4 Å². The fourth-order valence-electron chi connectivity index (χ4n) is 0.987. The minimum atomic E-state index is -1.01. The average molecular weight is 284 g/mol. The van der Waals surface area contributed by atoms with Crippen LogP contribution in [-0.2, 0) is 9.53 Å². The van der Waals surface area contributed by atoms with E-state index in [1.54, 1.807) is 11.4 Å². The van der Waals surface area contributed by atoms with Crippen molar-refractivity contribution in [3.05, 3.63) is 23.7 Å².